The van der Waals surface area contributed by atoms with Crippen LogP contribution in [0.3, 0.4) is 0 Å². The van der Waals surface area contributed by atoms with Crippen LogP contribution >= 0.6 is 37.2 Å². The van der Waals surface area contributed by atoms with Gasteiger partial charge in [0.25, 0.3) is 0 Å². The van der Waals surface area contributed by atoms with Crippen LogP contribution in [0.15, 0.2) is 4.99 Å². The SMILES string of the molecule is Cl.Cl.Cl.NCCCNCCCCNC(=O)C[C@H](O)CNC(=O)CCCCCCN=C(N)N. The zero-order valence-corrected chi connectivity index (χ0v) is 21.3. The molecule has 0 bridgehead atoms. The molecule has 0 aromatic rings. The minimum atomic E-state index is -0.878. The maximum absolute atomic E-state index is 11.8. The van der Waals surface area contributed by atoms with Gasteiger partial charge in [-0.1, -0.05) is 12.8 Å². The van der Waals surface area contributed by atoms with Crippen LogP contribution in [-0.4, -0.2) is 68.3 Å². The van der Waals surface area contributed by atoms with Crippen LogP contribution in [0.2, 0.25) is 0 Å². The lowest BCUT2D eigenvalue weighted by Crippen LogP contribution is -2.36. The van der Waals surface area contributed by atoms with E-state index in [9.17, 15) is 14.7 Å². The number of hydrogen-bond donors (Lipinski definition) is 7. The summed E-state index contributed by atoms with van der Waals surface area (Å²) in [5, 5.41) is 18.6. The van der Waals surface area contributed by atoms with E-state index in [2.05, 4.69) is 20.9 Å². The van der Waals surface area contributed by atoms with Crippen LogP contribution in [-0.2, 0) is 9.59 Å². The van der Waals surface area contributed by atoms with E-state index in [0.717, 1.165) is 58.0 Å². The van der Waals surface area contributed by atoms with Gasteiger partial charge in [-0.3, -0.25) is 14.6 Å². The third kappa shape index (κ3) is 29.0. The van der Waals surface area contributed by atoms with Crippen LogP contribution in [0.25, 0.3) is 0 Å². The van der Waals surface area contributed by atoms with Crippen LogP contribution in [0, 0.1) is 0 Å². The number of aliphatic hydroxyl groups is 1. The predicted octanol–water partition coefficient (Wildman–Crippen LogP) is 0.178. The van der Waals surface area contributed by atoms with Gasteiger partial charge in [-0.2, -0.15) is 0 Å². The number of unbranched alkanes of at least 4 members (excludes halogenated alkanes) is 4. The number of amides is 2. The first kappa shape index (κ1) is 38.2. The average molecular weight is 525 g/mol. The summed E-state index contributed by atoms with van der Waals surface area (Å²) >= 11 is 0. The number of carbonyl (C=O) groups is 2. The molecule has 10 N–H and O–H groups in total. The zero-order valence-electron chi connectivity index (χ0n) is 18.9. The molecule has 0 fully saturated rings. The van der Waals surface area contributed by atoms with E-state index < -0.39 is 6.10 Å². The summed E-state index contributed by atoms with van der Waals surface area (Å²) in [4.78, 5) is 27.4. The lowest BCUT2D eigenvalue weighted by molar-refractivity contribution is -0.125. The third-order valence-corrected chi connectivity index (χ3v) is 4.22. The smallest absolute Gasteiger partial charge is 0.222 e. The minimum absolute atomic E-state index is 0. The van der Waals surface area contributed by atoms with Gasteiger partial charge in [-0.15, -0.1) is 37.2 Å². The van der Waals surface area contributed by atoms with Gasteiger partial charge in [0.15, 0.2) is 5.96 Å². The number of halogens is 3. The molecule has 0 aliphatic carbocycles. The second-order valence-corrected chi connectivity index (χ2v) is 7.08. The van der Waals surface area contributed by atoms with Gasteiger partial charge in [-0.25, -0.2) is 0 Å². The fourth-order valence-corrected chi connectivity index (χ4v) is 2.59. The molecule has 0 aliphatic rings. The van der Waals surface area contributed by atoms with Crippen LogP contribution < -0.4 is 33.2 Å². The van der Waals surface area contributed by atoms with Gasteiger partial charge in [0, 0.05) is 26.1 Å². The topological polar surface area (TPSA) is 181 Å². The molecule has 0 unspecified atom stereocenters. The highest BCUT2D eigenvalue weighted by Crippen LogP contribution is 2.03. The maximum atomic E-state index is 11.8. The molecule has 0 rings (SSSR count). The van der Waals surface area contributed by atoms with Crippen molar-refractivity contribution in [1.82, 2.24) is 16.0 Å². The molecule has 0 spiro atoms. The molecular formula is C19H44Cl3N7O3. The molecule has 194 valence electrons. The fraction of sp³-hybridized carbons (Fsp3) is 0.842. The number of aliphatic imine (C=N–C) groups is 1. The molecular weight excluding hydrogens is 481 g/mol. The van der Waals surface area contributed by atoms with Crippen molar-refractivity contribution in [2.75, 3.05) is 39.3 Å². The Morgan fingerprint density at radius 3 is 2.09 bits per heavy atom. The van der Waals surface area contributed by atoms with Crippen molar-refractivity contribution in [2.24, 2.45) is 22.2 Å². The number of carbonyl (C=O) groups excluding carboxylic acids is 2. The van der Waals surface area contributed by atoms with E-state index in [0.29, 0.717) is 26.1 Å². The Balaban J connectivity index is -0.00000131. The van der Waals surface area contributed by atoms with E-state index in [-0.39, 0.29) is 68.0 Å². The lowest BCUT2D eigenvalue weighted by Gasteiger charge is -2.12. The lowest BCUT2D eigenvalue weighted by atomic mass is 10.1. The molecule has 1 atom stereocenters. The molecule has 0 saturated heterocycles. The molecule has 32 heavy (non-hydrogen) atoms. The zero-order chi connectivity index (χ0) is 21.7. The second-order valence-electron chi connectivity index (χ2n) is 7.08. The van der Waals surface area contributed by atoms with Gasteiger partial charge in [-0.05, 0) is 51.7 Å². The first-order chi connectivity index (χ1) is 14.0. The van der Waals surface area contributed by atoms with E-state index in [1.165, 1.54) is 0 Å². The van der Waals surface area contributed by atoms with Crippen molar-refractivity contribution in [3.8, 4) is 0 Å². The molecule has 0 saturated carbocycles. The molecule has 0 aliphatic heterocycles. The summed E-state index contributed by atoms with van der Waals surface area (Å²) in [5.74, 6) is -0.220. The standard InChI is InChI=1S/C19H41N7O3.3ClH/c20-9-7-11-23-10-5-6-12-24-18(29)14-16(27)15-26-17(28)8-3-1-2-4-13-25-19(21)22;;;/h16,23,27H,1-15,20H2,(H,24,29)(H,26,28)(H4,21,22,25);3*1H/t16-;;;/m0.../s1. The van der Waals surface area contributed by atoms with Gasteiger partial charge < -0.3 is 38.3 Å². The molecule has 0 aromatic heterocycles. The summed E-state index contributed by atoms with van der Waals surface area (Å²) in [5.41, 5.74) is 15.9. The Morgan fingerprint density at radius 2 is 1.44 bits per heavy atom. The number of rotatable bonds is 19. The highest BCUT2D eigenvalue weighted by Gasteiger charge is 2.11. The number of nitrogens with zero attached hydrogens (tertiary/aromatic N) is 1. The number of hydrogen-bond acceptors (Lipinski definition) is 6. The Labute approximate surface area is 210 Å². The Hall–Kier alpha value is -1.04. The fourth-order valence-electron chi connectivity index (χ4n) is 2.59. The van der Waals surface area contributed by atoms with Crippen molar-refractivity contribution in [1.29, 1.82) is 0 Å². The average Bonchev–Trinajstić information content (AvgIpc) is 2.67. The number of guanidine groups is 1. The van der Waals surface area contributed by atoms with Crippen molar-refractivity contribution in [2.45, 2.75) is 63.9 Å². The van der Waals surface area contributed by atoms with E-state index in [4.69, 9.17) is 17.2 Å². The number of nitrogens with one attached hydrogen (secondary N) is 3. The highest BCUT2D eigenvalue weighted by atomic mass is 35.5. The Kier molecular flexibility index (Phi) is 33.4. The largest absolute Gasteiger partial charge is 0.391 e. The molecule has 0 heterocycles. The van der Waals surface area contributed by atoms with Gasteiger partial charge in [0.05, 0.1) is 12.5 Å². The van der Waals surface area contributed by atoms with Crippen molar-refractivity contribution in [3.63, 3.8) is 0 Å². The van der Waals surface area contributed by atoms with E-state index >= 15 is 0 Å². The first-order valence-corrected chi connectivity index (χ1v) is 10.6. The quantitative estimate of drug-likeness (QED) is 0.0714. The van der Waals surface area contributed by atoms with Crippen molar-refractivity contribution >= 4 is 55.0 Å². The van der Waals surface area contributed by atoms with Crippen molar-refractivity contribution in [3.05, 3.63) is 0 Å². The van der Waals surface area contributed by atoms with Gasteiger partial charge >= 0.3 is 0 Å². The van der Waals surface area contributed by atoms with Gasteiger partial charge in [0.1, 0.15) is 0 Å². The summed E-state index contributed by atoms with van der Waals surface area (Å²) in [6.07, 6.45) is 5.85. The molecule has 0 aromatic carbocycles. The number of aliphatic hydroxyl groups excluding tert-OH is 1. The maximum Gasteiger partial charge on any atom is 0.222 e. The van der Waals surface area contributed by atoms with Crippen LogP contribution in [0.4, 0.5) is 0 Å². The van der Waals surface area contributed by atoms with Crippen LogP contribution in [0.1, 0.15) is 57.8 Å². The Morgan fingerprint density at radius 1 is 0.812 bits per heavy atom. The predicted molar refractivity (Wildman–Crippen MR) is 138 cm³/mol. The summed E-state index contributed by atoms with van der Waals surface area (Å²) in [6, 6.07) is 0. The van der Waals surface area contributed by atoms with Crippen molar-refractivity contribution < 1.29 is 14.7 Å². The van der Waals surface area contributed by atoms with E-state index in [1.54, 1.807) is 0 Å². The second kappa shape index (κ2) is 28.0. The summed E-state index contributed by atoms with van der Waals surface area (Å²) in [6.45, 7) is 3.78. The molecule has 0 radical (unpaired) electrons. The number of nitrogens with two attached hydrogens (primary N) is 3. The van der Waals surface area contributed by atoms with Crippen LogP contribution in [0.5, 0.6) is 0 Å². The summed E-state index contributed by atoms with van der Waals surface area (Å²) in [7, 11) is 0. The normalized spacial score (nSPS) is 10.6. The van der Waals surface area contributed by atoms with E-state index in [1.807, 2.05) is 0 Å². The monoisotopic (exact) mass is 523 g/mol. The third-order valence-electron chi connectivity index (χ3n) is 4.22. The Bertz CT molecular complexity index is 471. The first-order valence-electron chi connectivity index (χ1n) is 10.6. The van der Waals surface area contributed by atoms with Gasteiger partial charge in [0.2, 0.25) is 11.8 Å². The molecule has 10 nitrogen and oxygen atoms in total. The minimum Gasteiger partial charge on any atom is -0.391 e. The summed E-state index contributed by atoms with van der Waals surface area (Å²) < 4.78 is 0. The highest BCUT2D eigenvalue weighted by molar-refractivity contribution is 5.86. The molecule has 13 heteroatoms. The molecule has 2 amide bonds.